The first kappa shape index (κ1) is 15.9. The predicted octanol–water partition coefficient (Wildman–Crippen LogP) is 2.54. The lowest BCUT2D eigenvalue weighted by Gasteiger charge is -2.14. The number of hydrogen-bond acceptors (Lipinski definition) is 3. The van der Waals surface area contributed by atoms with E-state index in [1.165, 1.54) is 18.2 Å². The van der Waals surface area contributed by atoms with Crippen LogP contribution in [0.25, 0.3) is 0 Å². The Morgan fingerprint density at radius 3 is 2.72 bits per heavy atom. The monoisotopic (exact) mass is 355 g/mol. The van der Waals surface area contributed by atoms with Gasteiger partial charge in [-0.2, -0.15) is 0 Å². The molecule has 0 fully saturated rings. The zero-order chi connectivity index (χ0) is 13.8. The van der Waals surface area contributed by atoms with E-state index in [1.807, 2.05) is 0 Å². The standard InChI is InChI=1S/C11H15BrClNO3S/c1-8(3-2-6-15)14-18(16,17)9-4-5-11(13)10(12)7-9/h4-5,7-8,14-15H,2-3,6H2,1H3. The Bertz CT molecular complexity index is 507. The van der Waals surface area contributed by atoms with E-state index in [-0.39, 0.29) is 17.5 Å². The molecule has 7 heteroatoms. The van der Waals surface area contributed by atoms with E-state index < -0.39 is 10.0 Å². The smallest absolute Gasteiger partial charge is 0.240 e. The maximum Gasteiger partial charge on any atom is 0.240 e. The molecule has 0 amide bonds. The molecule has 18 heavy (non-hydrogen) atoms. The van der Waals surface area contributed by atoms with Crippen molar-refractivity contribution in [3.05, 3.63) is 27.7 Å². The van der Waals surface area contributed by atoms with Gasteiger partial charge in [-0.05, 0) is 53.9 Å². The molecule has 1 unspecified atom stereocenters. The van der Waals surface area contributed by atoms with Gasteiger partial charge >= 0.3 is 0 Å². The fourth-order valence-electron chi connectivity index (χ4n) is 1.43. The lowest BCUT2D eigenvalue weighted by Crippen LogP contribution is -2.32. The van der Waals surface area contributed by atoms with Crippen LogP contribution in [0.2, 0.25) is 5.02 Å². The molecule has 0 aliphatic rings. The Kier molecular flexibility index (Phi) is 6.07. The van der Waals surface area contributed by atoms with Crippen molar-refractivity contribution >= 4 is 37.6 Å². The number of halogens is 2. The fourth-order valence-corrected chi connectivity index (χ4v) is 3.39. The lowest BCUT2D eigenvalue weighted by atomic mass is 10.2. The van der Waals surface area contributed by atoms with Crippen molar-refractivity contribution in [1.29, 1.82) is 0 Å². The number of sulfonamides is 1. The van der Waals surface area contributed by atoms with E-state index in [0.717, 1.165) is 0 Å². The summed E-state index contributed by atoms with van der Waals surface area (Å²) in [6.07, 6.45) is 1.15. The van der Waals surface area contributed by atoms with Gasteiger partial charge in [-0.25, -0.2) is 13.1 Å². The number of benzene rings is 1. The summed E-state index contributed by atoms with van der Waals surface area (Å²) >= 11 is 9.00. The molecule has 0 aliphatic heterocycles. The second kappa shape index (κ2) is 6.86. The Labute approximate surface area is 121 Å². The Hall–Kier alpha value is -0.140. The van der Waals surface area contributed by atoms with Gasteiger partial charge in [-0.3, -0.25) is 0 Å². The van der Waals surface area contributed by atoms with Gasteiger partial charge in [0.25, 0.3) is 0 Å². The van der Waals surface area contributed by atoms with Gasteiger partial charge in [0.15, 0.2) is 0 Å². The summed E-state index contributed by atoms with van der Waals surface area (Å²) in [6.45, 7) is 1.82. The number of hydrogen-bond donors (Lipinski definition) is 2. The minimum absolute atomic E-state index is 0.0541. The Morgan fingerprint density at radius 1 is 1.50 bits per heavy atom. The van der Waals surface area contributed by atoms with E-state index >= 15 is 0 Å². The average Bonchev–Trinajstić information content (AvgIpc) is 2.29. The van der Waals surface area contributed by atoms with E-state index in [9.17, 15) is 8.42 Å². The van der Waals surface area contributed by atoms with Crippen LogP contribution < -0.4 is 4.72 Å². The third kappa shape index (κ3) is 4.51. The topological polar surface area (TPSA) is 66.4 Å². The van der Waals surface area contributed by atoms with E-state index in [2.05, 4.69) is 20.7 Å². The normalized spacial score (nSPS) is 13.6. The molecule has 0 aliphatic carbocycles. The Morgan fingerprint density at radius 2 is 2.17 bits per heavy atom. The van der Waals surface area contributed by atoms with Crippen LogP contribution in [0.5, 0.6) is 0 Å². The summed E-state index contributed by atoms with van der Waals surface area (Å²) in [7, 11) is -3.55. The average molecular weight is 357 g/mol. The van der Waals surface area contributed by atoms with Crippen molar-refractivity contribution in [3.8, 4) is 0 Å². The quantitative estimate of drug-likeness (QED) is 0.823. The molecule has 1 atom stereocenters. The number of aliphatic hydroxyl groups is 1. The fraction of sp³-hybridized carbons (Fsp3) is 0.455. The van der Waals surface area contributed by atoms with Crippen LogP contribution in [0.3, 0.4) is 0 Å². The molecular formula is C11H15BrClNO3S. The summed E-state index contributed by atoms with van der Waals surface area (Å²) in [4.78, 5) is 0.162. The molecule has 1 rings (SSSR count). The summed E-state index contributed by atoms with van der Waals surface area (Å²) < 4.78 is 27.2. The maximum atomic E-state index is 12.0. The molecule has 1 aromatic rings. The summed E-state index contributed by atoms with van der Waals surface area (Å²) in [6, 6.07) is 4.22. The summed E-state index contributed by atoms with van der Waals surface area (Å²) in [5, 5.41) is 9.16. The number of rotatable bonds is 6. The molecule has 0 radical (unpaired) electrons. The third-order valence-corrected chi connectivity index (χ3v) is 5.15. The second-order valence-electron chi connectivity index (χ2n) is 3.96. The van der Waals surface area contributed by atoms with Crippen LogP contribution in [-0.4, -0.2) is 26.2 Å². The highest BCUT2D eigenvalue weighted by Gasteiger charge is 2.17. The lowest BCUT2D eigenvalue weighted by molar-refractivity contribution is 0.279. The van der Waals surface area contributed by atoms with Crippen molar-refractivity contribution < 1.29 is 13.5 Å². The van der Waals surface area contributed by atoms with Crippen LogP contribution in [0.15, 0.2) is 27.6 Å². The highest BCUT2D eigenvalue weighted by Crippen LogP contribution is 2.25. The molecule has 4 nitrogen and oxygen atoms in total. The molecule has 1 aromatic carbocycles. The number of nitrogens with one attached hydrogen (secondary N) is 1. The highest BCUT2D eigenvalue weighted by atomic mass is 79.9. The van der Waals surface area contributed by atoms with E-state index in [0.29, 0.717) is 22.3 Å². The van der Waals surface area contributed by atoms with Crippen LogP contribution >= 0.6 is 27.5 Å². The van der Waals surface area contributed by atoms with Gasteiger partial charge in [-0.1, -0.05) is 11.6 Å². The SMILES string of the molecule is CC(CCCO)NS(=O)(=O)c1ccc(Cl)c(Br)c1. The van der Waals surface area contributed by atoms with Crippen LogP contribution in [0.1, 0.15) is 19.8 Å². The minimum atomic E-state index is -3.55. The van der Waals surface area contributed by atoms with Crippen LogP contribution in [0.4, 0.5) is 0 Å². The van der Waals surface area contributed by atoms with Crippen molar-refractivity contribution in [1.82, 2.24) is 4.72 Å². The zero-order valence-corrected chi connectivity index (χ0v) is 13.0. The van der Waals surface area contributed by atoms with Crippen molar-refractivity contribution in [2.24, 2.45) is 0 Å². The number of aliphatic hydroxyl groups excluding tert-OH is 1. The molecular weight excluding hydrogens is 342 g/mol. The predicted molar refractivity (Wildman–Crippen MR) is 75.3 cm³/mol. The highest BCUT2D eigenvalue weighted by molar-refractivity contribution is 9.10. The van der Waals surface area contributed by atoms with Crippen LogP contribution in [-0.2, 0) is 10.0 Å². The van der Waals surface area contributed by atoms with Crippen LogP contribution in [0, 0.1) is 0 Å². The molecule has 0 aromatic heterocycles. The molecule has 2 N–H and O–H groups in total. The van der Waals surface area contributed by atoms with Gasteiger partial charge in [0.1, 0.15) is 0 Å². The largest absolute Gasteiger partial charge is 0.396 e. The van der Waals surface area contributed by atoms with Gasteiger partial charge in [0, 0.05) is 17.1 Å². The summed E-state index contributed by atoms with van der Waals surface area (Å²) in [5.74, 6) is 0. The molecule has 0 heterocycles. The third-order valence-electron chi connectivity index (χ3n) is 2.35. The van der Waals surface area contributed by atoms with Gasteiger partial charge in [0.05, 0.1) is 9.92 Å². The van der Waals surface area contributed by atoms with Gasteiger partial charge in [0.2, 0.25) is 10.0 Å². The molecule has 0 saturated heterocycles. The zero-order valence-electron chi connectivity index (χ0n) is 9.86. The minimum Gasteiger partial charge on any atom is -0.396 e. The Balaban J connectivity index is 2.83. The first-order valence-corrected chi connectivity index (χ1v) is 8.10. The van der Waals surface area contributed by atoms with E-state index in [1.54, 1.807) is 6.92 Å². The first-order valence-electron chi connectivity index (χ1n) is 5.45. The van der Waals surface area contributed by atoms with E-state index in [4.69, 9.17) is 16.7 Å². The molecule has 0 saturated carbocycles. The molecule has 102 valence electrons. The van der Waals surface area contributed by atoms with Crippen molar-refractivity contribution in [3.63, 3.8) is 0 Å². The first-order chi connectivity index (χ1) is 8.36. The molecule has 0 spiro atoms. The summed E-state index contributed by atoms with van der Waals surface area (Å²) in [5.41, 5.74) is 0. The van der Waals surface area contributed by atoms with Gasteiger partial charge < -0.3 is 5.11 Å². The van der Waals surface area contributed by atoms with Gasteiger partial charge in [-0.15, -0.1) is 0 Å². The maximum absolute atomic E-state index is 12.0. The van der Waals surface area contributed by atoms with Crippen molar-refractivity contribution in [2.75, 3.05) is 6.61 Å². The second-order valence-corrected chi connectivity index (χ2v) is 6.94. The molecule has 0 bridgehead atoms. The van der Waals surface area contributed by atoms with Crippen molar-refractivity contribution in [2.45, 2.75) is 30.7 Å².